The van der Waals surface area contributed by atoms with Crippen molar-refractivity contribution in [1.82, 2.24) is 0 Å². The van der Waals surface area contributed by atoms with Gasteiger partial charge in [0, 0.05) is 11.6 Å². The lowest BCUT2D eigenvalue weighted by atomic mass is 9.95. The van der Waals surface area contributed by atoms with Crippen molar-refractivity contribution in [3.8, 4) is 5.75 Å². The van der Waals surface area contributed by atoms with Gasteiger partial charge in [-0.15, -0.1) is 12.4 Å². The van der Waals surface area contributed by atoms with Crippen LogP contribution in [0.25, 0.3) is 0 Å². The number of aliphatic hydroxyl groups excluding tert-OH is 1. The number of halogens is 2. The average molecular weight is 292 g/mol. The first-order valence-corrected chi connectivity index (χ1v) is 6.22. The molecule has 0 unspecified atom stereocenters. The lowest BCUT2D eigenvalue weighted by molar-refractivity contribution is 0.127. The van der Waals surface area contributed by atoms with Crippen LogP contribution in [-0.2, 0) is 0 Å². The molecule has 110 valence electrons. The molecule has 3 nitrogen and oxygen atoms in total. The first kappa shape index (κ1) is 18.2. The van der Waals surface area contributed by atoms with Gasteiger partial charge in [0.25, 0.3) is 0 Å². The van der Waals surface area contributed by atoms with E-state index >= 15 is 0 Å². The van der Waals surface area contributed by atoms with E-state index in [9.17, 15) is 9.50 Å². The number of methoxy groups -OCH3 is 1. The SMILES string of the molecule is COc1ccc([C@H](N)[C@H](O)CCC(C)C)c(F)c1.Cl. The molecule has 19 heavy (non-hydrogen) atoms. The number of aliphatic hydroxyl groups is 1. The molecule has 1 aromatic carbocycles. The third kappa shape index (κ3) is 5.35. The van der Waals surface area contributed by atoms with Crippen molar-refractivity contribution in [2.75, 3.05) is 7.11 Å². The number of benzene rings is 1. The van der Waals surface area contributed by atoms with Gasteiger partial charge in [-0.2, -0.15) is 0 Å². The second-order valence-electron chi connectivity index (χ2n) is 4.95. The van der Waals surface area contributed by atoms with Crippen LogP contribution in [0.15, 0.2) is 18.2 Å². The molecule has 0 aliphatic rings. The maximum atomic E-state index is 13.8. The Morgan fingerprint density at radius 3 is 2.42 bits per heavy atom. The van der Waals surface area contributed by atoms with E-state index < -0.39 is 18.0 Å². The second-order valence-corrected chi connectivity index (χ2v) is 4.95. The summed E-state index contributed by atoms with van der Waals surface area (Å²) in [6.07, 6.45) is 0.715. The van der Waals surface area contributed by atoms with E-state index in [1.165, 1.54) is 13.2 Å². The van der Waals surface area contributed by atoms with Crippen LogP contribution in [0.1, 0.15) is 38.3 Å². The summed E-state index contributed by atoms with van der Waals surface area (Å²) in [7, 11) is 1.48. The summed E-state index contributed by atoms with van der Waals surface area (Å²) in [5.74, 6) is 0.498. The fourth-order valence-corrected chi connectivity index (χ4v) is 1.80. The zero-order chi connectivity index (χ0) is 13.7. The van der Waals surface area contributed by atoms with Gasteiger partial charge in [0.2, 0.25) is 0 Å². The molecule has 0 heterocycles. The maximum Gasteiger partial charge on any atom is 0.131 e. The van der Waals surface area contributed by atoms with E-state index in [0.29, 0.717) is 23.7 Å². The smallest absolute Gasteiger partial charge is 0.131 e. The Labute approximate surface area is 120 Å². The average Bonchev–Trinajstić information content (AvgIpc) is 2.34. The molecule has 0 amide bonds. The minimum Gasteiger partial charge on any atom is -0.497 e. The molecule has 0 saturated carbocycles. The normalized spacial score (nSPS) is 13.8. The third-order valence-corrected chi connectivity index (χ3v) is 3.02. The van der Waals surface area contributed by atoms with Gasteiger partial charge >= 0.3 is 0 Å². The topological polar surface area (TPSA) is 55.5 Å². The van der Waals surface area contributed by atoms with Gasteiger partial charge in [0.1, 0.15) is 11.6 Å². The second kappa shape index (κ2) is 8.35. The lowest BCUT2D eigenvalue weighted by Gasteiger charge is -2.20. The van der Waals surface area contributed by atoms with Crippen LogP contribution in [0.2, 0.25) is 0 Å². The van der Waals surface area contributed by atoms with E-state index in [4.69, 9.17) is 10.5 Å². The largest absolute Gasteiger partial charge is 0.497 e. The van der Waals surface area contributed by atoms with Crippen molar-refractivity contribution in [1.29, 1.82) is 0 Å². The molecule has 0 radical (unpaired) electrons. The molecule has 1 rings (SSSR count). The highest BCUT2D eigenvalue weighted by Crippen LogP contribution is 2.24. The van der Waals surface area contributed by atoms with Gasteiger partial charge in [-0.05, 0) is 24.8 Å². The van der Waals surface area contributed by atoms with Crippen molar-refractivity contribution in [2.24, 2.45) is 11.7 Å². The fraction of sp³-hybridized carbons (Fsp3) is 0.571. The molecule has 5 heteroatoms. The van der Waals surface area contributed by atoms with E-state index in [-0.39, 0.29) is 12.4 Å². The van der Waals surface area contributed by atoms with Gasteiger partial charge < -0.3 is 15.6 Å². The summed E-state index contributed by atoms with van der Waals surface area (Å²) in [5, 5.41) is 9.95. The minimum absolute atomic E-state index is 0. The molecule has 0 aromatic heterocycles. The molecule has 0 aliphatic carbocycles. The molecule has 0 aliphatic heterocycles. The summed E-state index contributed by atoms with van der Waals surface area (Å²) in [5.41, 5.74) is 6.21. The summed E-state index contributed by atoms with van der Waals surface area (Å²) >= 11 is 0. The van der Waals surface area contributed by atoms with Gasteiger partial charge in [0.05, 0.1) is 19.3 Å². The number of ether oxygens (including phenoxy) is 1. The minimum atomic E-state index is -0.727. The monoisotopic (exact) mass is 291 g/mol. The molecule has 0 bridgehead atoms. The Kier molecular flexibility index (Phi) is 7.99. The van der Waals surface area contributed by atoms with Gasteiger partial charge in [-0.25, -0.2) is 4.39 Å². The van der Waals surface area contributed by atoms with Crippen LogP contribution in [0.5, 0.6) is 5.75 Å². The quantitative estimate of drug-likeness (QED) is 0.847. The Balaban J connectivity index is 0.00000324. The Morgan fingerprint density at radius 1 is 1.32 bits per heavy atom. The summed E-state index contributed by atoms with van der Waals surface area (Å²) in [6, 6.07) is 3.80. The predicted octanol–water partition coefficient (Wildman–Crippen LogP) is 3.05. The Morgan fingerprint density at radius 2 is 1.95 bits per heavy atom. The molecular formula is C14H23ClFNO2. The molecule has 0 saturated heterocycles. The molecule has 2 atom stereocenters. The van der Waals surface area contributed by atoms with Gasteiger partial charge in [0.15, 0.2) is 0 Å². The summed E-state index contributed by atoms with van der Waals surface area (Å²) in [4.78, 5) is 0. The lowest BCUT2D eigenvalue weighted by Crippen LogP contribution is -2.27. The van der Waals surface area contributed by atoms with Crippen LogP contribution in [0.3, 0.4) is 0 Å². The van der Waals surface area contributed by atoms with Crippen molar-refractivity contribution in [3.05, 3.63) is 29.6 Å². The van der Waals surface area contributed by atoms with Crippen LogP contribution in [0, 0.1) is 11.7 Å². The first-order valence-electron chi connectivity index (χ1n) is 6.22. The van der Waals surface area contributed by atoms with E-state index in [1.807, 2.05) is 0 Å². The first-order chi connectivity index (χ1) is 8.45. The maximum absolute atomic E-state index is 13.8. The van der Waals surface area contributed by atoms with Crippen molar-refractivity contribution >= 4 is 12.4 Å². The van der Waals surface area contributed by atoms with Crippen LogP contribution >= 0.6 is 12.4 Å². The van der Waals surface area contributed by atoms with Crippen molar-refractivity contribution in [3.63, 3.8) is 0 Å². The fourth-order valence-electron chi connectivity index (χ4n) is 1.80. The van der Waals surface area contributed by atoms with E-state index in [1.54, 1.807) is 12.1 Å². The van der Waals surface area contributed by atoms with E-state index in [2.05, 4.69) is 13.8 Å². The van der Waals surface area contributed by atoms with Crippen LogP contribution in [-0.4, -0.2) is 18.3 Å². The Hall–Kier alpha value is -0.840. The van der Waals surface area contributed by atoms with Gasteiger partial charge in [-0.3, -0.25) is 0 Å². The van der Waals surface area contributed by atoms with Crippen molar-refractivity contribution in [2.45, 2.75) is 38.8 Å². The third-order valence-electron chi connectivity index (χ3n) is 3.02. The molecule has 3 N–H and O–H groups in total. The highest BCUT2D eigenvalue weighted by molar-refractivity contribution is 5.85. The molecular weight excluding hydrogens is 269 g/mol. The molecule has 0 fully saturated rings. The van der Waals surface area contributed by atoms with Crippen molar-refractivity contribution < 1.29 is 14.2 Å². The zero-order valence-corrected chi connectivity index (χ0v) is 12.4. The highest BCUT2D eigenvalue weighted by atomic mass is 35.5. The molecule has 1 aromatic rings. The number of hydrogen-bond donors (Lipinski definition) is 2. The van der Waals surface area contributed by atoms with Gasteiger partial charge in [-0.1, -0.05) is 19.9 Å². The summed E-state index contributed by atoms with van der Waals surface area (Å²) in [6.45, 7) is 4.15. The standard InChI is InChI=1S/C14H22FNO2.ClH/c1-9(2)4-7-13(17)14(16)11-6-5-10(18-3)8-12(11)15;/h5-6,8-9,13-14,17H,4,7,16H2,1-3H3;1H/t13-,14+;/m1./s1. The zero-order valence-electron chi connectivity index (χ0n) is 11.6. The predicted molar refractivity (Wildman–Crippen MR) is 77.2 cm³/mol. The number of rotatable bonds is 6. The van der Waals surface area contributed by atoms with E-state index in [0.717, 1.165) is 6.42 Å². The van der Waals surface area contributed by atoms with Crippen LogP contribution < -0.4 is 10.5 Å². The summed E-state index contributed by atoms with van der Waals surface area (Å²) < 4.78 is 18.7. The Bertz CT molecular complexity index is 388. The highest BCUT2D eigenvalue weighted by Gasteiger charge is 2.20. The number of nitrogens with two attached hydrogens (primary N) is 1. The molecule has 0 spiro atoms. The van der Waals surface area contributed by atoms with Crippen LogP contribution in [0.4, 0.5) is 4.39 Å². The number of hydrogen-bond acceptors (Lipinski definition) is 3.